The van der Waals surface area contributed by atoms with Crippen LogP contribution < -0.4 is 16.0 Å². The number of esters is 1. The number of halogens is 1. The third-order valence-electron chi connectivity index (χ3n) is 7.27. The van der Waals surface area contributed by atoms with Crippen LogP contribution in [0.25, 0.3) is 0 Å². The highest BCUT2D eigenvalue weighted by Crippen LogP contribution is 2.28. The van der Waals surface area contributed by atoms with Crippen LogP contribution in [0.5, 0.6) is 0 Å². The van der Waals surface area contributed by atoms with Crippen molar-refractivity contribution >= 4 is 46.8 Å². The molecule has 0 heterocycles. The Labute approximate surface area is 265 Å². The van der Waals surface area contributed by atoms with E-state index in [4.69, 9.17) is 21.1 Å². The molecular weight excluding hydrogens is 608 g/mol. The number of nitro groups is 1. The van der Waals surface area contributed by atoms with Crippen LogP contribution in [0.2, 0.25) is 5.02 Å². The van der Waals surface area contributed by atoms with Crippen molar-refractivity contribution in [2.24, 2.45) is 5.92 Å². The van der Waals surface area contributed by atoms with E-state index in [-0.39, 0.29) is 42.7 Å². The van der Waals surface area contributed by atoms with Crippen LogP contribution in [0.4, 0.5) is 5.69 Å². The molecule has 0 unspecified atom stereocenters. The molecule has 45 heavy (non-hydrogen) atoms. The van der Waals surface area contributed by atoms with Crippen molar-refractivity contribution in [2.45, 2.75) is 64.1 Å². The van der Waals surface area contributed by atoms with E-state index < -0.39 is 58.7 Å². The lowest BCUT2D eigenvalue weighted by molar-refractivity contribution is -0.385. The fourth-order valence-electron chi connectivity index (χ4n) is 5.01. The monoisotopic (exact) mass is 644 g/mol. The fraction of sp³-hybridized carbons (Fsp3) is 0.452. The molecule has 1 aliphatic carbocycles. The molecule has 0 spiro atoms. The smallest absolute Gasteiger partial charge is 0.325 e. The molecule has 0 aliphatic heterocycles. The number of rotatable bonds is 16. The molecule has 1 fully saturated rings. The van der Waals surface area contributed by atoms with Crippen LogP contribution in [-0.4, -0.2) is 66.2 Å². The minimum absolute atomic E-state index is 0.0628. The third-order valence-corrected chi connectivity index (χ3v) is 7.50. The van der Waals surface area contributed by atoms with E-state index in [9.17, 15) is 34.1 Å². The van der Waals surface area contributed by atoms with Gasteiger partial charge < -0.3 is 25.4 Å². The van der Waals surface area contributed by atoms with Gasteiger partial charge in [-0.05, 0) is 37.0 Å². The van der Waals surface area contributed by atoms with Gasteiger partial charge in [-0.25, -0.2) is 0 Å². The molecule has 0 saturated heterocycles. The van der Waals surface area contributed by atoms with Gasteiger partial charge in [-0.1, -0.05) is 74.0 Å². The van der Waals surface area contributed by atoms with Gasteiger partial charge in [0.05, 0.1) is 24.7 Å². The fourth-order valence-corrected chi connectivity index (χ4v) is 5.17. The maximum atomic E-state index is 13.7. The summed E-state index contributed by atoms with van der Waals surface area (Å²) in [6, 6.07) is 9.92. The molecule has 14 heteroatoms. The number of amides is 3. The number of nitrogens with zero attached hydrogens (tertiary/aromatic N) is 1. The Morgan fingerprint density at radius 3 is 2.38 bits per heavy atom. The molecule has 3 amide bonds. The summed E-state index contributed by atoms with van der Waals surface area (Å²) in [4.78, 5) is 75.3. The molecule has 2 aromatic carbocycles. The highest BCUT2D eigenvalue weighted by molar-refractivity contribution is 6.38. The zero-order valence-corrected chi connectivity index (χ0v) is 25.7. The second-order valence-corrected chi connectivity index (χ2v) is 11.0. The molecule has 0 aromatic heterocycles. The number of ether oxygens (including phenoxy) is 2. The van der Waals surface area contributed by atoms with E-state index in [0.29, 0.717) is 0 Å². The van der Waals surface area contributed by atoms with E-state index in [1.54, 1.807) is 31.2 Å². The number of nitro benzene ring substituents is 1. The van der Waals surface area contributed by atoms with Crippen LogP contribution in [0, 0.1) is 16.0 Å². The van der Waals surface area contributed by atoms with Crippen molar-refractivity contribution in [2.75, 3.05) is 19.8 Å². The van der Waals surface area contributed by atoms with Gasteiger partial charge in [0.15, 0.2) is 0 Å². The van der Waals surface area contributed by atoms with Gasteiger partial charge in [0.25, 0.3) is 17.5 Å². The van der Waals surface area contributed by atoms with Gasteiger partial charge in [0.2, 0.25) is 11.7 Å². The van der Waals surface area contributed by atoms with E-state index >= 15 is 0 Å². The Balaban J connectivity index is 1.81. The van der Waals surface area contributed by atoms with Gasteiger partial charge in [-0.2, -0.15) is 0 Å². The van der Waals surface area contributed by atoms with E-state index in [1.165, 1.54) is 12.1 Å². The summed E-state index contributed by atoms with van der Waals surface area (Å²) in [5.41, 5.74) is -0.0331. The average molecular weight is 645 g/mol. The quantitative estimate of drug-likeness (QED) is 0.107. The molecule has 0 bridgehead atoms. The summed E-state index contributed by atoms with van der Waals surface area (Å²) in [5, 5.41) is 19.0. The van der Waals surface area contributed by atoms with Crippen molar-refractivity contribution in [1.82, 2.24) is 16.0 Å². The normalized spacial score (nSPS) is 14.4. The lowest BCUT2D eigenvalue weighted by Crippen LogP contribution is -2.56. The zero-order valence-electron chi connectivity index (χ0n) is 24.9. The van der Waals surface area contributed by atoms with Crippen LogP contribution in [-0.2, 0) is 35.3 Å². The number of carbonyl (C=O) groups is 5. The summed E-state index contributed by atoms with van der Waals surface area (Å²) in [6.45, 7) is 0.812. The first-order valence-electron chi connectivity index (χ1n) is 14.7. The maximum Gasteiger partial charge on any atom is 0.325 e. The highest BCUT2D eigenvalue weighted by Gasteiger charge is 2.33. The Bertz CT molecular complexity index is 1370. The Morgan fingerprint density at radius 1 is 1.00 bits per heavy atom. The molecule has 3 rings (SSSR count). The van der Waals surface area contributed by atoms with Crippen molar-refractivity contribution < 1.29 is 38.4 Å². The largest absolute Gasteiger partial charge is 0.465 e. The number of benzene rings is 2. The molecule has 242 valence electrons. The number of hydrogen-bond donors (Lipinski definition) is 3. The van der Waals surface area contributed by atoms with Crippen molar-refractivity contribution in [3.63, 3.8) is 0 Å². The van der Waals surface area contributed by atoms with Crippen LogP contribution >= 0.6 is 11.6 Å². The molecule has 1 saturated carbocycles. The van der Waals surface area contributed by atoms with Gasteiger partial charge in [0, 0.05) is 11.1 Å². The van der Waals surface area contributed by atoms with Crippen molar-refractivity contribution in [3.05, 3.63) is 74.8 Å². The van der Waals surface area contributed by atoms with Crippen LogP contribution in [0.15, 0.2) is 48.5 Å². The minimum Gasteiger partial charge on any atom is -0.465 e. The summed E-state index contributed by atoms with van der Waals surface area (Å²) in [6.07, 6.45) is 4.79. The van der Waals surface area contributed by atoms with E-state index in [2.05, 4.69) is 16.0 Å². The number of Topliss-reactive ketones (excluding diaryl/α,β-unsaturated/α-hetero) is 1. The van der Waals surface area contributed by atoms with Crippen LogP contribution in [0.1, 0.15) is 61.4 Å². The summed E-state index contributed by atoms with van der Waals surface area (Å²) in [5.74, 6) is -4.52. The summed E-state index contributed by atoms with van der Waals surface area (Å²) in [7, 11) is 0. The predicted octanol–water partition coefficient (Wildman–Crippen LogP) is 3.27. The first kappa shape index (κ1) is 35.1. The zero-order chi connectivity index (χ0) is 32.8. The molecule has 3 N–H and O–H groups in total. The molecule has 2 aromatic rings. The molecule has 0 radical (unpaired) electrons. The Hall–Kier alpha value is -4.36. The Morgan fingerprint density at radius 2 is 1.71 bits per heavy atom. The van der Waals surface area contributed by atoms with Crippen molar-refractivity contribution in [1.29, 1.82) is 0 Å². The number of nitrogens with one attached hydrogen (secondary N) is 3. The number of carbonyl (C=O) groups excluding carboxylic acids is 5. The molecule has 2 atom stereocenters. The van der Waals surface area contributed by atoms with Crippen molar-refractivity contribution in [3.8, 4) is 0 Å². The number of hydrogen-bond acceptors (Lipinski definition) is 9. The standard InChI is InChI=1S/C31H37ClN4O9/c1-2-45-27(37)17-33-31(41)28(38)25(19-44-18-21-11-7-4-8-12-21)35-30(40)24(15-20-9-5-3-6-10-20)34-29(39)23-14-13-22(32)16-26(23)36(42)43/h4,7-8,11-14,16,20,24-25H,2-3,5-6,9-10,15,17-19H2,1H3,(H,33,41)(H,34,39)(H,35,40)/t24-,25-/m0/s1. The van der Waals surface area contributed by atoms with E-state index in [0.717, 1.165) is 43.7 Å². The SMILES string of the molecule is CCOC(=O)CNC(=O)C(=O)[C@H](COCc1ccccc1)NC(=O)[C@H](CC1CCCCC1)NC(=O)c1ccc(Cl)cc1[N+](=O)[O-]. The molecule has 13 nitrogen and oxygen atoms in total. The maximum absolute atomic E-state index is 13.7. The predicted molar refractivity (Wildman–Crippen MR) is 163 cm³/mol. The third kappa shape index (κ3) is 11.3. The minimum atomic E-state index is -1.47. The second-order valence-electron chi connectivity index (χ2n) is 10.6. The summed E-state index contributed by atoms with van der Waals surface area (Å²) >= 11 is 5.90. The molecule has 1 aliphatic rings. The number of ketones is 1. The summed E-state index contributed by atoms with van der Waals surface area (Å²) < 4.78 is 10.4. The molecular formula is C31H37ClN4O9. The highest BCUT2D eigenvalue weighted by atomic mass is 35.5. The first-order valence-corrected chi connectivity index (χ1v) is 15.1. The van der Waals surface area contributed by atoms with Crippen LogP contribution in [0.3, 0.4) is 0 Å². The van der Waals surface area contributed by atoms with Gasteiger partial charge in [0.1, 0.15) is 24.2 Å². The Kier molecular flexibility index (Phi) is 13.9. The average Bonchev–Trinajstić information content (AvgIpc) is 3.03. The van der Waals surface area contributed by atoms with Gasteiger partial charge in [-0.3, -0.25) is 34.1 Å². The lowest BCUT2D eigenvalue weighted by Gasteiger charge is -2.28. The first-order chi connectivity index (χ1) is 21.6. The van der Waals surface area contributed by atoms with Gasteiger partial charge >= 0.3 is 5.97 Å². The topological polar surface area (TPSA) is 183 Å². The lowest BCUT2D eigenvalue weighted by atomic mass is 9.84. The second kappa shape index (κ2) is 17.8. The van der Waals surface area contributed by atoms with Gasteiger partial charge in [-0.15, -0.1) is 0 Å². The van der Waals surface area contributed by atoms with E-state index in [1.807, 2.05) is 6.07 Å².